The fraction of sp³-hybridized carbons (Fsp3) is 0.676. The summed E-state index contributed by atoms with van der Waals surface area (Å²) >= 11 is 0. The van der Waals surface area contributed by atoms with Crippen LogP contribution < -0.4 is 21.7 Å². The topological polar surface area (TPSA) is 177 Å². The standard InChI is InChI=1S/C37H53N5O7/c1-5-21(2)28(35(47)49-20-23-12-8-6-9-13-23)40-36(48)41-29(24-14-10-7-11-15-24)34(46)42-19-25-27(37(25,3)4)30(42)33(45)39-26(18-22-16-17-22)31(43)32(38)44/h6,8-9,12-13,21-22,24-30H,5,7,10-11,14-20H2,1-4H3,(H2,38,44)(H,39,45)(H2,40,41,48)/t21-,25-,26?,27-,28-,29-,30-/m0/s1. The summed E-state index contributed by atoms with van der Waals surface area (Å²) in [6.07, 6.45) is 7.14. The molecule has 1 aliphatic heterocycles. The predicted molar refractivity (Wildman–Crippen MR) is 181 cm³/mol. The lowest BCUT2D eigenvalue weighted by Gasteiger charge is -2.37. The second-order valence-corrected chi connectivity index (χ2v) is 15.3. The second kappa shape index (κ2) is 15.3. The lowest BCUT2D eigenvalue weighted by molar-refractivity contribution is -0.148. The first-order valence-corrected chi connectivity index (χ1v) is 18.1. The van der Waals surface area contributed by atoms with Crippen LogP contribution in [-0.2, 0) is 35.3 Å². The number of hydrogen-bond acceptors (Lipinski definition) is 7. The molecule has 1 heterocycles. The van der Waals surface area contributed by atoms with E-state index in [1.54, 1.807) is 4.90 Å². The summed E-state index contributed by atoms with van der Waals surface area (Å²) < 4.78 is 5.58. The van der Waals surface area contributed by atoms with Gasteiger partial charge in [-0.05, 0) is 59.8 Å². The van der Waals surface area contributed by atoms with Gasteiger partial charge in [0.25, 0.3) is 5.91 Å². The average molecular weight is 680 g/mol. The molecule has 3 aliphatic carbocycles. The van der Waals surface area contributed by atoms with Crippen LogP contribution >= 0.6 is 0 Å². The molecule has 0 aromatic heterocycles. The summed E-state index contributed by atoms with van der Waals surface area (Å²) in [6.45, 7) is 8.34. The fourth-order valence-electron chi connectivity index (χ4n) is 8.00. The van der Waals surface area contributed by atoms with Crippen molar-refractivity contribution in [1.29, 1.82) is 0 Å². The average Bonchev–Trinajstić information content (AvgIpc) is 3.95. The Morgan fingerprint density at radius 1 is 0.959 bits per heavy atom. The first-order valence-electron chi connectivity index (χ1n) is 18.1. The summed E-state index contributed by atoms with van der Waals surface area (Å²) in [6, 6.07) is 4.92. The smallest absolute Gasteiger partial charge is 0.329 e. The third-order valence-electron chi connectivity index (χ3n) is 11.6. The number of rotatable bonds is 15. The molecule has 5 rings (SSSR count). The maximum Gasteiger partial charge on any atom is 0.329 e. The molecule has 4 aliphatic rings. The quantitative estimate of drug-likeness (QED) is 0.163. The van der Waals surface area contributed by atoms with Gasteiger partial charge >= 0.3 is 12.0 Å². The van der Waals surface area contributed by atoms with Crippen molar-refractivity contribution >= 4 is 35.5 Å². The van der Waals surface area contributed by atoms with Crippen LogP contribution in [-0.4, -0.2) is 71.1 Å². The minimum atomic E-state index is -1.10. The van der Waals surface area contributed by atoms with Crippen LogP contribution in [0.15, 0.2) is 30.3 Å². The summed E-state index contributed by atoms with van der Waals surface area (Å²) in [5.41, 5.74) is 5.97. The number of benzene rings is 1. The largest absolute Gasteiger partial charge is 0.459 e. The number of nitrogens with two attached hydrogens (primary N) is 1. The minimum absolute atomic E-state index is 0.0722. The van der Waals surface area contributed by atoms with Gasteiger partial charge in [-0.25, -0.2) is 9.59 Å². The van der Waals surface area contributed by atoms with E-state index in [9.17, 15) is 28.8 Å². The molecule has 7 atom stereocenters. The van der Waals surface area contributed by atoms with Crippen molar-refractivity contribution in [3.05, 3.63) is 35.9 Å². The van der Waals surface area contributed by atoms with Gasteiger partial charge in [0.1, 0.15) is 24.7 Å². The molecule has 3 saturated carbocycles. The zero-order valence-electron chi connectivity index (χ0n) is 29.2. The number of ether oxygens (including phenoxy) is 1. The number of esters is 1. The summed E-state index contributed by atoms with van der Waals surface area (Å²) in [7, 11) is 0. The maximum absolute atomic E-state index is 14.5. The molecule has 49 heavy (non-hydrogen) atoms. The molecule has 5 N–H and O–H groups in total. The second-order valence-electron chi connectivity index (χ2n) is 15.3. The van der Waals surface area contributed by atoms with E-state index >= 15 is 0 Å². The fourth-order valence-corrected chi connectivity index (χ4v) is 8.00. The molecule has 0 bridgehead atoms. The SMILES string of the molecule is CC[C@H](C)[C@H](NC(=O)N[C@H](C(=O)N1C[C@H]2[C@@H]([C@H]1C(=O)NC(CC1CC1)C(=O)C(N)=O)C2(C)C)C1CCCCC1)C(=O)OCc1ccccc1. The molecule has 1 aromatic rings. The van der Waals surface area contributed by atoms with Crippen molar-refractivity contribution < 1.29 is 33.5 Å². The molecular weight excluding hydrogens is 626 g/mol. The number of amides is 5. The number of carbonyl (C=O) groups excluding carboxylic acids is 6. The van der Waals surface area contributed by atoms with Crippen LogP contribution in [0.1, 0.15) is 91.0 Å². The van der Waals surface area contributed by atoms with Gasteiger partial charge in [-0.2, -0.15) is 0 Å². The van der Waals surface area contributed by atoms with Gasteiger partial charge in [0.15, 0.2) is 0 Å². The van der Waals surface area contributed by atoms with Crippen LogP contribution in [0.25, 0.3) is 0 Å². The monoisotopic (exact) mass is 679 g/mol. The van der Waals surface area contributed by atoms with Gasteiger partial charge in [-0.3, -0.25) is 19.2 Å². The molecule has 1 unspecified atom stereocenters. The minimum Gasteiger partial charge on any atom is -0.459 e. The van der Waals surface area contributed by atoms with Crippen LogP contribution in [0.3, 0.4) is 0 Å². The van der Waals surface area contributed by atoms with Crippen molar-refractivity contribution in [1.82, 2.24) is 20.9 Å². The zero-order valence-corrected chi connectivity index (χ0v) is 29.2. The number of ketones is 1. The van der Waals surface area contributed by atoms with Gasteiger partial charge in [0.2, 0.25) is 17.6 Å². The Balaban J connectivity index is 1.32. The lowest BCUT2D eigenvalue weighted by atomic mass is 9.83. The third kappa shape index (κ3) is 8.44. The molecule has 268 valence electrons. The molecular formula is C37H53N5O7. The van der Waals surface area contributed by atoms with E-state index in [1.165, 1.54) is 0 Å². The van der Waals surface area contributed by atoms with Crippen LogP contribution in [0, 0.1) is 35.0 Å². The molecule has 0 radical (unpaired) electrons. The van der Waals surface area contributed by atoms with Crippen molar-refractivity contribution in [2.75, 3.05) is 6.54 Å². The van der Waals surface area contributed by atoms with E-state index in [0.29, 0.717) is 19.4 Å². The predicted octanol–water partition coefficient (Wildman–Crippen LogP) is 3.21. The Hall–Kier alpha value is -3.96. The van der Waals surface area contributed by atoms with Crippen LogP contribution in [0.5, 0.6) is 0 Å². The highest BCUT2D eigenvalue weighted by molar-refractivity contribution is 6.37. The van der Waals surface area contributed by atoms with E-state index in [2.05, 4.69) is 29.8 Å². The summed E-state index contributed by atoms with van der Waals surface area (Å²) in [5.74, 6) is -3.49. The molecule has 1 aromatic carbocycles. The normalized spacial score (nSPS) is 25.1. The number of fused-ring (bicyclic) bond motifs is 1. The van der Waals surface area contributed by atoms with E-state index in [0.717, 1.165) is 50.5 Å². The Bertz CT molecular complexity index is 1410. The summed E-state index contributed by atoms with van der Waals surface area (Å²) in [5, 5.41) is 8.52. The van der Waals surface area contributed by atoms with Crippen LogP contribution in [0.4, 0.5) is 4.79 Å². The molecule has 12 heteroatoms. The maximum atomic E-state index is 14.5. The highest BCUT2D eigenvalue weighted by Gasteiger charge is 2.69. The van der Waals surface area contributed by atoms with E-state index in [1.807, 2.05) is 44.2 Å². The van der Waals surface area contributed by atoms with Gasteiger partial charge in [0, 0.05) is 6.54 Å². The van der Waals surface area contributed by atoms with Gasteiger partial charge in [-0.15, -0.1) is 0 Å². The first-order chi connectivity index (χ1) is 23.3. The number of urea groups is 1. The molecule has 4 fully saturated rings. The molecule has 0 spiro atoms. The number of nitrogens with zero attached hydrogens (tertiary/aromatic N) is 1. The third-order valence-corrected chi connectivity index (χ3v) is 11.6. The van der Waals surface area contributed by atoms with Gasteiger partial charge in [0.05, 0.1) is 6.04 Å². The Morgan fingerprint density at radius 3 is 2.24 bits per heavy atom. The van der Waals surface area contributed by atoms with Crippen molar-refractivity contribution in [2.24, 2.45) is 40.7 Å². The van der Waals surface area contributed by atoms with Crippen molar-refractivity contribution in [3.8, 4) is 0 Å². The van der Waals surface area contributed by atoms with E-state index in [4.69, 9.17) is 10.5 Å². The zero-order chi connectivity index (χ0) is 35.5. The van der Waals surface area contributed by atoms with E-state index in [-0.39, 0.29) is 47.5 Å². The van der Waals surface area contributed by atoms with E-state index < -0.39 is 53.8 Å². The number of hydrogen-bond donors (Lipinski definition) is 4. The molecule has 5 amide bonds. The van der Waals surface area contributed by atoms with Gasteiger partial charge < -0.3 is 31.3 Å². The lowest BCUT2D eigenvalue weighted by Crippen LogP contribution is -2.61. The number of carbonyl (C=O) groups is 6. The number of piperidine rings is 1. The highest BCUT2D eigenvalue weighted by Crippen LogP contribution is 2.65. The number of Topliss-reactive ketones (excluding diaryl/α,β-unsaturated/α-hetero) is 1. The van der Waals surface area contributed by atoms with Crippen molar-refractivity contribution in [2.45, 2.75) is 116 Å². The molecule has 1 saturated heterocycles. The first kappa shape index (κ1) is 36.3. The Morgan fingerprint density at radius 2 is 1.63 bits per heavy atom. The van der Waals surface area contributed by atoms with Crippen molar-refractivity contribution in [3.63, 3.8) is 0 Å². The number of primary amides is 1. The Labute approximate surface area is 289 Å². The van der Waals surface area contributed by atoms with Gasteiger partial charge in [-0.1, -0.05) is 96.6 Å². The summed E-state index contributed by atoms with van der Waals surface area (Å²) in [4.78, 5) is 81.4. The van der Waals surface area contributed by atoms with Crippen LogP contribution in [0.2, 0.25) is 0 Å². The highest BCUT2D eigenvalue weighted by atomic mass is 16.5. The number of likely N-dealkylation sites (tertiary alicyclic amines) is 1. The number of nitrogens with one attached hydrogen (secondary N) is 3. The molecule has 12 nitrogen and oxygen atoms in total. The Kier molecular flexibility index (Phi) is 11.3.